The number of non-ortho nitro benzene ring substituents is 1. The zero-order valence-corrected chi connectivity index (χ0v) is 19.9. The first-order valence-corrected chi connectivity index (χ1v) is 11.7. The van der Waals surface area contributed by atoms with Gasteiger partial charge in [0.25, 0.3) is 5.69 Å². The smallest absolute Gasteiger partial charge is 0.308 e. The first-order chi connectivity index (χ1) is 16.8. The third-order valence-corrected chi connectivity index (χ3v) is 6.05. The molecule has 180 valence electrons. The van der Waals surface area contributed by atoms with Crippen LogP contribution in [-0.2, 0) is 9.59 Å². The summed E-state index contributed by atoms with van der Waals surface area (Å²) in [5.41, 5.74) is 1.14. The van der Waals surface area contributed by atoms with Crippen LogP contribution in [0.2, 0.25) is 0 Å². The number of carbonyl (C=O) groups is 2. The Morgan fingerprint density at radius 2 is 1.97 bits per heavy atom. The summed E-state index contributed by atoms with van der Waals surface area (Å²) < 4.78 is 11.6. The average Bonchev–Trinajstić information content (AvgIpc) is 2.96. The molecular weight excluding hydrogens is 474 g/mol. The van der Waals surface area contributed by atoms with Gasteiger partial charge in [-0.2, -0.15) is 4.98 Å². The van der Waals surface area contributed by atoms with E-state index in [4.69, 9.17) is 9.47 Å². The Bertz CT molecular complexity index is 1320. The van der Waals surface area contributed by atoms with Crippen molar-refractivity contribution in [1.82, 2.24) is 15.2 Å². The van der Waals surface area contributed by atoms with Crippen LogP contribution in [0.5, 0.6) is 11.6 Å². The lowest BCUT2D eigenvalue weighted by Gasteiger charge is -2.30. The quantitative estimate of drug-likeness (QED) is 0.160. The van der Waals surface area contributed by atoms with E-state index >= 15 is 0 Å². The molecule has 0 radical (unpaired) electrons. The fraction of sp³-hybridized carbons (Fsp3) is 0.261. The second kappa shape index (κ2) is 10.1. The van der Waals surface area contributed by atoms with Crippen molar-refractivity contribution in [2.24, 2.45) is 0 Å². The van der Waals surface area contributed by atoms with Gasteiger partial charge in [0.1, 0.15) is 5.75 Å². The van der Waals surface area contributed by atoms with Crippen LogP contribution in [0.4, 0.5) is 11.4 Å². The number of thioether (sulfide) groups is 1. The van der Waals surface area contributed by atoms with Crippen LogP contribution in [0.15, 0.2) is 47.6 Å². The van der Waals surface area contributed by atoms with Crippen LogP contribution >= 0.6 is 11.8 Å². The number of anilines is 1. The molecular formula is C23H21N5O6S. The molecule has 2 heterocycles. The van der Waals surface area contributed by atoms with Crippen molar-refractivity contribution in [2.45, 2.75) is 38.6 Å². The van der Waals surface area contributed by atoms with Gasteiger partial charge in [0.05, 0.1) is 16.2 Å². The van der Waals surface area contributed by atoms with Crippen molar-refractivity contribution in [3.63, 3.8) is 0 Å². The van der Waals surface area contributed by atoms with E-state index in [1.54, 1.807) is 24.3 Å². The first kappa shape index (κ1) is 24.1. The van der Waals surface area contributed by atoms with Gasteiger partial charge in [-0.15, -0.1) is 10.2 Å². The lowest BCUT2D eigenvalue weighted by Crippen LogP contribution is -2.36. The molecule has 11 nitrogen and oxygen atoms in total. The van der Waals surface area contributed by atoms with Crippen LogP contribution in [-0.4, -0.2) is 37.7 Å². The predicted octanol–water partition coefficient (Wildman–Crippen LogP) is 4.32. The number of carbonyl (C=O) groups excluding carboxylic acids is 2. The molecule has 0 spiro atoms. The maximum atomic E-state index is 13.0. The van der Waals surface area contributed by atoms with E-state index in [-0.39, 0.29) is 22.9 Å². The van der Waals surface area contributed by atoms with E-state index in [1.165, 1.54) is 48.7 Å². The zero-order valence-electron chi connectivity index (χ0n) is 19.1. The van der Waals surface area contributed by atoms with Gasteiger partial charge in [-0.3, -0.25) is 24.6 Å². The standard InChI is InChI=1S/C23H21N5O6S/c1-4-11-35-23-24-21-20(25-26-23)16-7-5-6-8-18(16)27(13(2)29)22(34-21)17-12-15(28(31)32)9-10-19(17)33-14(3)30/h5-10,12,22H,4,11H2,1-3H3. The Morgan fingerprint density at radius 3 is 2.66 bits per heavy atom. The number of nitro groups is 1. The molecule has 35 heavy (non-hydrogen) atoms. The van der Waals surface area contributed by atoms with Crippen molar-refractivity contribution in [3.05, 3.63) is 58.1 Å². The number of hydrogen-bond acceptors (Lipinski definition) is 10. The summed E-state index contributed by atoms with van der Waals surface area (Å²) in [6.45, 7) is 4.57. The normalized spacial score (nSPS) is 14.3. The molecule has 0 fully saturated rings. The number of fused-ring (bicyclic) bond motifs is 3. The van der Waals surface area contributed by atoms with Gasteiger partial charge in [0.15, 0.2) is 5.69 Å². The second-order valence-corrected chi connectivity index (χ2v) is 8.61. The molecule has 1 amide bonds. The number of hydrogen-bond donors (Lipinski definition) is 0. The number of benzene rings is 2. The molecule has 1 aromatic heterocycles. The molecule has 1 unspecified atom stereocenters. The van der Waals surface area contributed by atoms with Gasteiger partial charge in [0, 0.05) is 37.3 Å². The van der Waals surface area contributed by atoms with Crippen molar-refractivity contribution >= 4 is 35.0 Å². The Labute approximate surface area is 204 Å². The van der Waals surface area contributed by atoms with Gasteiger partial charge in [-0.25, -0.2) is 0 Å². The lowest BCUT2D eigenvalue weighted by molar-refractivity contribution is -0.385. The highest BCUT2D eigenvalue weighted by atomic mass is 32.2. The molecule has 12 heteroatoms. The van der Waals surface area contributed by atoms with Gasteiger partial charge in [-0.05, 0) is 18.6 Å². The van der Waals surface area contributed by atoms with E-state index in [0.717, 1.165) is 12.2 Å². The van der Waals surface area contributed by atoms with Crippen molar-refractivity contribution < 1.29 is 24.0 Å². The van der Waals surface area contributed by atoms with Crippen LogP contribution in [0, 0.1) is 10.1 Å². The van der Waals surface area contributed by atoms with Gasteiger partial charge in [-0.1, -0.05) is 36.9 Å². The molecule has 3 aromatic rings. The summed E-state index contributed by atoms with van der Waals surface area (Å²) in [6, 6.07) is 10.7. The van der Waals surface area contributed by atoms with Gasteiger partial charge >= 0.3 is 5.97 Å². The third-order valence-electron chi connectivity index (χ3n) is 5.01. The number of amides is 1. The molecule has 0 N–H and O–H groups in total. The van der Waals surface area contributed by atoms with E-state index in [9.17, 15) is 19.7 Å². The van der Waals surface area contributed by atoms with Crippen LogP contribution in [0.25, 0.3) is 11.3 Å². The van der Waals surface area contributed by atoms with Crippen molar-refractivity contribution in [2.75, 3.05) is 10.7 Å². The Hall–Kier alpha value is -4.06. The average molecular weight is 496 g/mol. The van der Waals surface area contributed by atoms with E-state index < -0.39 is 23.0 Å². The summed E-state index contributed by atoms with van der Waals surface area (Å²) in [5, 5.41) is 20.4. The summed E-state index contributed by atoms with van der Waals surface area (Å²) >= 11 is 1.40. The maximum Gasteiger partial charge on any atom is 0.308 e. The molecule has 0 aliphatic carbocycles. The minimum atomic E-state index is -1.25. The van der Waals surface area contributed by atoms with Crippen molar-refractivity contribution in [1.29, 1.82) is 0 Å². The highest BCUT2D eigenvalue weighted by Gasteiger charge is 2.37. The number of ether oxygens (including phenoxy) is 2. The Morgan fingerprint density at radius 1 is 1.20 bits per heavy atom. The minimum Gasteiger partial charge on any atom is -0.447 e. The highest BCUT2D eigenvalue weighted by molar-refractivity contribution is 7.99. The second-order valence-electron chi connectivity index (χ2n) is 7.55. The molecule has 1 aliphatic rings. The minimum absolute atomic E-state index is 0.0166. The lowest BCUT2D eigenvalue weighted by atomic mass is 10.1. The third kappa shape index (κ3) is 4.92. The summed E-state index contributed by atoms with van der Waals surface area (Å²) in [6.07, 6.45) is -0.348. The topological polar surface area (TPSA) is 138 Å². The predicted molar refractivity (Wildman–Crippen MR) is 127 cm³/mol. The molecule has 0 saturated heterocycles. The van der Waals surface area contributed by atoms with Crippen LogP contribution < -0.4 is 14.4 Å². The number of nitro benzene ring substituents is 1. The number of para-hydroxylation sites is 1. The fourth-order valence-electron chi connectivity index (χ4n) is 3.60. The van der Waals surface area contributed by atoms with E-state index in [1.807, 2.05) is 6.92 Å². The molecule has 0 saturated carbocycles. The highest BCUT2D eigenvalue weighted by Crippen LogP contribution is 2.45. The van der Waals surface area contributed by atoms with E-state index in [0.29, 0.717) is 22.1 Å². The first-order valence-electron chi connectivity index (χ1n) is 10.7. The molecule has 2 aromatic carbocycles. The van der Waals surface area contributed by atoms with E-state index in [2.05, 4.69) is 15.2 Å². The molecule has 4 rings (SSSR count). The van der Waals surface area contributed by atoms with Crippen molar-refractivity contribution in [3.8, 4) is 22.9 Å². The van der Waals surface area contributed by atoms with Gasteiger partial charge < -0.3 is 9.47 Å². The monoisotopic (exact) mass is 495 g/mol. The number of esters is 1. The molecule has 1 aliphatic heterocycles. The Kier molecular flexibility index (Phi) is 6.92. The molecule has 1 atom stereocenters. The summed E-state index contributed by atoms with van der Waals surface area (Å²) in [4.78, 5) is 41.5. The Balaban J connectivity index is 1.97. The number of aromatic nitrogens is 3. The van der Waals surface area contributed by atoms with Gasteiger partial charge in [0.2, 0.25) is 23.2 Å². The summed E-state index contributed by atoms with van der Waals surface area (Å²) in [5.74, 6) is -0.167. The number of rotatable bonds is 6. The largest absolute Gasteiger partial charge is 0.447 e. The number of nitrogens with zero attached hydrogens (tertiary/aromatic N) is 5. The van der Waals surface area contributed by atoms with Crippen LogP contribution in [0.3, 0.4) is 0 Å². The fourth-order valence-corrected chi connectivity index (χ4v) is 4.23. The maximum absolute atomic E-state index is 13.0. The molecule has 0 bridgehead atoms. The SMILES string of the molecule is CCCSc1nnc2c(n1)OC(c1cc([N+](=O)[O-])ccc1OC(C)=O)N(C(C)=O)c1ccccc1-2. The summed E-state index contributed by atoms with van der Waals surface area (Å²) in [7, 11) is 0. The zero-order chi connectivity index (χ0) is 25.1. The van der Waals surface area contributed by atoms with Crippen LogP contribution in [0.1, 0.15) is 39.0 Å².